The van der Waals surface area contributed by atoms with Crippen LogP contribution in [0.15, 0.2) is 30.5 Å². The van der Waals surface area contributed by atoms with Crippen molar-refractivity contribution in [2.75, 3.05) is 38.2 Å². The first-order valence-corrected chi connectivity index (χ1v) is 10.00. The number of hydrogen-bond donors (Lipinski definition) is 2. The summed E-state index contributed by atoms with van der Waals surface area (Å²) in [4.78, 5) is 12.7. The van der Waals surface area contributed by atoms with E-state index in [4.69, 9.17) is 9.47 Å². The van der Waals surface area contributed by atoms with Gasteiger partial charge in [0.15, 0.2) is 5.69 Å². The first kappa shape index (κ1) is 20.5. The molecular formula is C21H30N4O3. The van der Waals surface area contributed by atoms with Gasteiger partial charge in [-0.25, -0.2) is 0 Å². The predicted molar refractivity (Wildman–Crippen MR) is 109 cm³/mol. The Labute approximate surface area is 166 Å². The molecular weight excluding hydrogens is 356 g/mol. The van der Waals surface area contributed by atoms with E-state index < -0.39 is 0 Å². The molecule has 1 amide bonds. The molecule has 0 radical (unpaired) electrons. The number of rotatable bonds is 9. The van der Waals surface area contributed by atoms with Crippen LogP contribution in [0.2, 0.25) is 0 Å². The van der Waals surface area contributed by atoms with E-state index in [-0.39, 0.29) is 5.91 Å². The number of carbonyl (C=O) groups is 1. The van der Waals surface area contributed by atoms with Gasteiger partial charge in [-0.1, -0.05) is 12.1 Å². The summed E-state index contributed by atoms with van der Waals surface area (Å²) in [5.41, 5.74) is 3.27. The molecule has 3 rings (SSSR count). The molecule has 1 aliphatic heterocycles. The number of amides is 1. The van der Waals surface area contributed by atoms with E-state index in [1.54, 1.807) is 6.07 Å². The zero-order chi connectivity index (χ0) is 19.8. The summed E-state index contributed by atoms with van der Waals surface area (Å²) in [6, 6.07) is 7.93. The summed E-state index contributed by atoms with van der Waals surface area (Å²) in [5.74, 6) is -0.194. The maximum atomic E-state index is 12.7. The highest BCUT2D eigenvalue weighted by molar-refractivity contribution is 6.03. The molecule has 28 heavy (non-hydrogen) atoms. The summed E-state index contributed by atoms with van der Waals surface area (Å²) in [5, 5.41) is 10.8. The highest BCUT2D eigenvalue weighted by Crippen LogP contribution is 2.21. The molecule has 2 heterocycles. The molecule has 7 nitrogen and oxygen atoms in total. The molecule has 2 aromatic rings. The Kier molecular flexibility index (Phi) is 7.59. The average Bonchev–Trinajstić information content (AvgIpc) is 3.21. The van der Waals surface area contributed by atoms with E-state index in [0.29, 0.717) is 38.2 Å². The van der Waals surface area contributed by atoms with Gasteiger partial charge in [-0.05, 0) is 56.5 Å². The number of aromatic nitrogens is 2. The number of benzene rings is 1. The van der Waals surface area contributed by atoms with Gasteiger partial charge in [-0.2, -0.15) is 5.10 Å². The summed E-state index contributed by atoms with van der Waals surface area (Å²) in [6.45, 7) is 8.23. The zero-order valence-electron chi connectivity index (χ0n) is 16.7. The first-order valence-electron chi connectivity index (χ1n) is 10.00. The number of carbonyl (C=O) groups excluding carboxylic acids is 1. The van der Waals surface area contributed by atoms with Crippen LogP contribution in [0.5, 0.6) is 0 Å². The Bertz CT molecular complexity index is 769. The van der Waals surface area contributed by atoms with Gasteiger partial charge >= 0.3 is 0 Å². The third kappa shape index (κ3) is 5.41. The molecule has 1 aliphatic rings. The van der Waals surface area contributed by atoms with Crippen molar-refractivity contribution >= 4 is 11.6 Å². The second kappa shape index (κ2) is 10.4. The summed E-state index contributed by atoms with van der Waals surface area (Å²) in [7, 11) is 0. The average molecular weight is 386 g/mol. The summed E-state index contributed by atoms with van der Waals surface area (Å²) in [6.07, 6.45) is 4.10. The van der Waals surface area contributed by atoms with E-state index >= 15 is 0 Å². The van der Waals surface area contributed by atoms with Crippen LogP contribution in [0.3, 0.4) is 0 Å². The quantitative estimate of drug-likeness (QED) is 0.648. The van der Waals surface area contributed by atoms with Gasteiger partial charge in [0.2, 0.25) is 0 Å². The van der Waals surface area contributed by atoms with Crippen LogP contribution in [-0.2, 0) is 16.1 Å². The number of nitrogens with zero attached hydrogens (tertiary/aromatic N) is 2. The van der Waals surface area contributed by atoms with Crippen molar-refractivity contribution in [1.29, 1.82) is 0 Å². The molecule has 2 N–H and O–H groups in total. The lowest BCUT2D eigenvalue weighted by Gasteiger charge is -2.22. The monoisotopic (exact) mass is 386 g/mol. The minimum atomic E-state index is -0.194. The number of anilines is 1. The van der Waals surface area contributed by atoms with Gasteiger partial charge in [0.25, 0.3) is 5.91 Å². The van der Waals surface area contributed by atoms with E-state index in [1.165, 1.54) is 0 Å². The van der Waals surface area contributed by atoms with Crippen LogP contribution in [0, 0.1) is 6.92 Å². The molecule has 1 aromatic carbocycles. The van der Waals surface area contributed by atoms with Crippen LogP contribution < -0.4 is 10.6 Å². The normalized spacial score (nSPS) is 16.9. The van der Waals surface area contributed by atoms with E-state index in [1.807, 2.05) is 42.9 Å². The Hall–Kier alpha value is -2.22. The van der Waals surface area contributed by atoms with Crippen LogP contribution >= 0.6 is 0 Å². The molecule has 0 saturated carbocycles. The second-order valence-electron chi connectivity index (χ2n) is 6.97. The van der Waals surface area contributed by atoms with Gasteiger partial charge < -0.3 is 20.1 Å². The topological polar surface area (TPSA) is 77.4 Å². The molecule has 0 bridgehead atoms. The van der Waals surface area contributed by atoms with Crippen molar-refractivity contribution in [2.45, 2.75) is 39.3 Å². The minimum absolute atomic E-state index is 0.194. The van der Waals surface area contributed by atoms with Gasteiger partial charge in [0, 0.05) is 25.0 Å². The fourth-order valence-electron chi connectivity index (χ4n) is 3.33. The van der Waals surface area contributed by atoms with Crippen molar-refractivity contribution in [3.8, 4) is 0 Å². The van der Waals surface area contributed by atoms with Gasteiger partial charge in [-0.3, -0.25) is 9.48 Å². The number of ether oxygens (including phenoxy) is 2. The molecule has 0 aliphatic carbocycles. The van der Waals surface area contributed by atoms with E-state index in [9.17, 15) is 4.79 Å². The van der Waals surface area contributed by atoms with Crippen molar-refractivity contribution in [3.05, 3.63) is 47.3 Å². The number of nitrogens with one attached hydrogen (secondary N) is 2. The highest BCUT2D eigenvalue weighted by atomic mass is 16.5. The minimum Gasteiger partial charge on any atom is -0.379 e. The van der Waals surface area contributed by atoms with Crippen LogP contribution in [0.4, 0.5) is 5.69 Å². The second-order valence-corrected chi connectivity index (χ2v) is 6.97. The van der Waals surface area contributed by atoms with Crippen LogP contribution in [-0.4, -0.2) is 48.6 Å². The molecule has 1 saturated heterocycles. The highest BCUT2D eigenvalue weighted by Gasteiger charge is 2.18. The Morgan fingerprint density at radius 3 is 2.96 bits per heavy atom. The summed E-state index contributed by atoms with van der Waals surface area (Å²) < 4.78 is 12.8. The zero-order valence-corrected chi connectivity index (χ0v) is 16.7. The molecule has 1 fully saturated rings. The largest absolute Gasteiger partial charge is 0.379 e. The third-order valence-corrected chi connectivity index (χ3v) is 5.01. The SMILES string of the molecule is CCOCCOCc1cccc(NC(=O)c2ccn(C3CCCNC3)n2)c1C. The van der Waals surface area contributed by atoms with E-state index in [2.05, 4.69) is 15.7 Å². The molecule has 1 unspecified atom stereocenters. The van der Waals surface area contributed by atoms with Gasteiger partial charge in [-0.15, -0.1) is 0 Å². The van der Waals surface area contributed by atoms with Crippen molar-refractivity contribution < 1.29 is 14.3 Å². The summed E-state index contributed by atoms with van der Waals surface area (Å²) >= 11 is 0. The third-order valence-electron chi connectivity index (χ3n) is 5.01. The number of piperidine rings is 1. The lowest BCUT2D eigenvalue weighted by atomic mass is 10.1. The molecule has 7 heteroatoms. The molecule has 1 atom stereocenters. The van der Waals surface area contributed by atoms with Crippen molar-refractivity contribution in [3.63, 3.8) is 0 Å². The first-order chi connectivity index (χ1) is 13.7. The Morgan fingerprint density at radius 1 is 1.32 bits per heavy atom. The molecule has 152 valence electrons. The Balaban J connectivity index is 1.59. The Morgan fingerprint density at radius 2 is 2.18 bits per heavy atom. The maximum Gasteiger partial charge on any atom is 0.276 e. The van der Waals surface area contributed by atoms with Crippen LogP contribution in [0.25, 0.3) is 0 Å². The van der Waals surface area contributed by atoms with Gasteiger partial charge in [0.05, 0.1) is 25.9 Å². The van der Waals surface area contributed by atoms with Crippen molar-refractivity contribution in [1.82, 2.24) is 15.1 Å². The molecule has 1 aromatic heterocycles. The smallest absolute Gasteiger partial charge is 0.276 e. The lowest BCUT2D eigenvalue weighted by Crippen LogP contribution is -2.32. The van der Waals surface area contributed by atoms with Crippen molar-refractivity contribution in [2.24, 2.45) is 0 Å². The fraction of sp³-hybridized carbons (Fsp3) is 0.524. The van der Waals surface area contributed by atoms with Crippen LogP contribution in [0.1, 0.15) is 47.4 Å². The number of hydrogen-bond acceptors (Lipinski definition) is 5. The lowest BCUT2D eigenvalue weighted by molar-refractivity contribution is 0.0451. The van der Waals surface area contributed by atoms with Gasteiger partial charge in [0.1, 0.15) is 0 Å². The molecule has 0 spiro atoms. The van der Waals surface area contributed by atoms with E-state index in [0.717, 1.165) is 42.7 Å². The maximum absolute atomic E-state index is 12.7. The predicted octanol–water partition coefficient (Wildman–Crippen LogP) is 2.92. The standard InChI is InChI=1S/C21H30N4O3/c1-3-27-12-13-28-15-17-6-4-8-19(16(17)2)23-21(26)20-9-11-25(24-20)18-7-5-10-22-14-18/h4,6,8-9,11,18,22H,3,5,7,10,12-15H2,1-2H3,(H,23,26). The fourth-order valence-corrected chi connectivity index (χ4v) is 3.33.